The predicted molar refractivity (Wildman–Crippen MR) is 101 cm³/mol. The second-order valence-electron chi connectivity index (χ2n) is 7.03. The Morgan fingerprint density at radius 1 is 1.07 bits per heavy atom. The Hall–Kier alpha value is -2.78. The maximum absolute atomic E-state index is 12.9. The van der Waals surface area contributed by atoms with E-state index in [4.69, 9.17) is 14.2 Å². The summed E-state index contributed by atoms with van der Waals surface area (Å²) in [6.07, 6.45) is -4.39. The van der Waals surface area contributed by atoms with Crippen molar-refractivity contribution in [2.45, 2.75) is 12.2 Å². The van der Waals surface area contributed by atoms with E-state index in [9.17, 15) is 18.0 Å². The van der Waals surface area contributed by atoms with Crippen molar-refractivity contribution < 1.29 is 32.2 Å². The normalized spacial score (nSPS) is 17.6. The summed E-state index contributed by atoms with van der Waals surface area (Å²) < 4.78 is 54.8. The minimum absolute atomic E-state index is 0.0571. The Balaban J connectivity index is 1.52. The number of nitrogens with zero attached hydrogens (tertiary/aromatic N) is 1. The number of amides is 1. The second-order valence-corrected chi connectivity index (χ2v) is 7.03. The van der Waals surface area contributed by atoms with Gasteiger partial charge in [0.1, 0.15) is 0 Å². The number of benzene rings is 2. The fourth-order valence-electron chi connectivity index (χ4n) is 3.63. The zero-order valence-corrected chi connectivity index (χ0v) is 16.1. The van der Waals surface area contributed by atoms with Crippen molar-refractivity contribution in [1.82, 2.24) is 10.2 Å². The van der Waals surface area contributed by atoms with E-state index in [1.807, 2.05) is 0 Å². The van der Waals surface area contributed by atoms with Crippen LogP contribution in [0.1, 0.15) is 27.5 Å². The zero-order valence-electron chi connectivity index (χ0n) is 16.1. The third-order valence-corrected chi connectivity index (χ3v) is 5.21. The van der Waals surface area contributed by atoms with Gasteiger partial charge >= 0.3 is 6.18 Å². The molecule has 2 aliphatic heterocycles. The molecular formula is C21H21F3N2O4. The molecule has 4 rings (SSSR count). The average Bonchev–Trinajstić information content (AvgIpc) is 3.23. The molecule has 1 fully saturated rings. The van der Waals surface area contributed by atoms with Crippen molar-refractivity contribution in [3.05, 3.63) is 59.2 Å². The molecule has 9 heteroatoms. The topological polar surface area (TPSA) is 60.0 Å². The van der Waals surface area contributed by atoms with Crippen LogP contribution >= 0.6 is 0 Å². The van der Waals surface area contributed by atoms with E-state index >= 15 is 0 Å². The minimum atomic E-state index is -4.39. The van der Waals surface area contributed by atoms with Crippen LogP contribution in [-0.4, -0.2) is 50.4 Å². The van der Waals surface area contributed by atoms with Crippen molar-refractivity contribution in [1.29, 1.82) is 0 Å². The number of para-hydroxylation sites is 1. The van der Waals surface area contributed by atoms with Crippen LogP contribution in [0, 0.1) is 0 Å². The highest BCUT2D eigenvalue weighted by Gasteiger charge is 2.31. The quantitative estimate of drug-likeness (QED) is 0.802. The molecule has 2 aromatic rings. The summed E-state index contributed by atoms with van der Waals surface area (Å²) in [6.45, 7) is 2.60. The van der Waals surface area contributed by atoms with Gasteiger partial charge in [-0.25, -0.2) is 0 Å². The number of hydrogen-bond donors (Lipinski definition) is 1. The number of ether oxygens (including phenoxy) is 3. The Labute approximate surface area is 171 Å². The van der Waals surface area contributed by atoms with Crippen LogP contribution in [0.2, 0.25) is 0 Å². The maximum atomic E-state index is 12.9. The lowest BCUT2D eigenvalue weighted by Crippen LogP contribution is -2.43. The molecular weight excluding hydrogens is 401 g/mol. The van der Waals surface area contributed by atoms with Crippen LogP contribution < -0.4 is 14.8 Å². The standard InChI is InChI=1S/C21H21F3N2O4/c22-21(23,24)15-6-4-14(5-7-15)17(26-8-10-28-11-9-26)12-25-20(27)16-2-1-3-18-19(16)30-13-29-18/h1-7,17H,8-13H2,(H,25,27). The van der Waals surface area contributed by atoms with E-state index in [-0.39, 0.29) is 25.3 Å². The molecule has 2 heterocycles. The van der Waals surface area contributed by atoms with Gasteiger partial charge in [-0.15, -0.1) is 0 Å². The van der Waals surface area contributed by atoms with Gasteiger partial charge in [-0.3, -0.25) is 9.69 Å². The van der Waals surface area contributed by atoms with Crippen molar-refractivity contribution in [3.8, 4) is 11.5 Å². The number of morpholine rings is 1. The predicted octanol–water partition coefficient (Wildman–Crippen LogP) is 3.24. The molecule has 1 atom stereocenters. The maximum Gasteiger partial charge on any atom is 0.416 e. The van der Waals surface area contributed by atoms with Crippen molar-refractivity contribution >= 4 is 5.91 Å². The van der Waals surface area contributed by atoms with Crippen molar-refractivity contribution in [2.24, 2.45) is 0 Å². The number of fused-ring (bicyclic) bond motifs is 1. The van der Waals surface area contributed by atoms with Gasteiger partial charge in [0.25, 0.3) is 5.91 Å². The first kappa shape index (κ1) is 20.5. The summed E-state index contributed by atoms with van der Waals surface area (Å²) in [6, 6.07) is 9.85. The molecule has 1 N–H and O–H groups in total. The van der Waals surface area contributed by atoms with E-state index in [1.54, 1.807) is 18.2 Å². The molecule has 30 heavy (non-hydrogen) atoms. The van der Waals surface area contributed by atoms with Gasteiger partial charge in [-0.05, 0) is 29.8 Å². The van der Waals surface area contributed by atoms with Crippen LogP contribution in [-0.2, 0) is 10.9 Å². The Morgan fingerprint density at radius 2 is 1.80 bits per heavy atom. The summed E-state index contributed by atoms with van der Waals surface area (Å²) in [5.41, 5.74) is 0.356. The minimum Gasteiger partial charge on any atom is -0.454 e. The number of halogens is 3. The highest BCUT2D eigenvalue weighted by Crippen LogP contribution is 2.35. The molecule has 2 aromatic carbocycles. The van der Waals surface area contributed by atoms with Gasteiger partial charge in [0.2, 0.25) is 6.79 Å². The van der Waals surface area contributed by atoms with Gasteiger partial charge in [-0.1, -0.05) is 18.2 Å². The first-order chi connectivity index (χ1) is 14.4. The highest BCUT2D eigenvalue weighted by atomic mass is 19.4. The first-order valence-electron chi connectivity index (χ1n) is 9.59. The van der Waals surface area contributed by atoms with Crippen molar-refractivity contribution in [2.75, 3.05) is 39.6 Å². The summed E-state index contributed by atoms with van der Waals surface area (Å²) in [5, 5.41) is 2.89. The van der Waals surface area contributed by atoms with E-state index in [2.05, 4.69) is 10.2 Å². The smallest absolute Gasteiger partial charge is 0.416 e. The number of alkyl halides is 3. The molecule has 0 saturated carbocycles. The number of nitrogens with one attached hydrogen (secondary N) is 1. The molecule has 1 unspecified atom stereocenters. The van der Waals surface area contributed by atoms with Crippen LogP contribution in [0.4, 0.5) is 13.2 Å². The van der Waals surface area contributed by atoms with Gasteiger partial charge < -0.3 is 19.5 Å². The number of rotatable bonds is 5. The summed E-state index contributed by atoms with van der Waals surface area (Å²) in [5.74, 6) is 0.574. The van der Waals surface area contributed by atoms with E-state index in [0.717, 1.165) is 12.1 Å². The third kappa shape index (κ3) is 4.36. The van der Waals surface area contributed by atoms with Gasteiger partial charge in [0.15, 0.2) is 11.5 Å². The van der Waals surface area contributed by atoms with E-state index in [0.29, 0.717) is 48.9 Å². The Bertz CT molecular complexity index is 896. The monoisotopic (exact) mass is 422 g/mol. The molecule has 0 spiro atoms. The van der Waals surface area contributed by atoms with Crippen LogP contribution in [0.15, 0.2) is 42.5 Å². The molecule has 0 radical (unpaired) electrons. The van der Waals surface area contributed by atoms with Crippen LogP contribution in [0.5, 0.6) is 11.5 Å². The van der Waals surface area contributed by atoms with Crippen LogP contribution in [0.3, 0.4) is 0 Å². The molecule has 1 saturated heterocycles. The highest BCUT2D eigenvalue weighted by molar-refractivity contribution is 5.98. The molecule has 1 amide bonds. The van der Waals surface area contributed by atoms with Gasteiger partial charge in [0.05, 0.1) is 30.4 Å². The number of carbonyl (C=O) groups is 1. The number of carbonyl (C=O) groups excluding carboxylic acids is 1. The lowest BCUT2D eigenvalue weighted by molar-refractivity contribution is -0.137. The number of hydrogen-bond acceptors (Lipinski definition) is 5. The first-order valence-corrected chi connectivity index (χ1v) is 9.59. The van der Waals surface area contributed by atoms with Gasteiger partial charge in [0, 0.05) is 19.6 Å². The molecule has 0 aromatic heterocycles. The largest absolute Gasteiger partial charge is 0.454 e. The SMILES string of the molecule is O=C(NCC(c1ccc(C(F)(F)F)cc1)N1CCOCC1)c1cccc2c1OCO2. The van der Waals surface area contributed by atoms with Crippen molar-refractivity contribution in [3.63, 3.8) is 0 Å². The summed E-state index contributed by atoms with van der Waals surface area (Å²) in [7, 11) is 0. The molecule has 160 valence electrons. The zero-order chi connectivity index (χ0) is 21.1. The Morgan fingerprint density at radius 3 is 2.50 bits per heavy atom. The van der Waals surface area contributed by atoms with Gasteiger partial charge in [-0.2, -0.15) is 13.2 Å². The average molecular weight is 422 g/mol. The Kier molecular flexibility index (Phi) is 5.83. The summed E-state index contributed by atoms with van der Waals surface area (Å²) >= 11 is 0. The fraction of sp³-hybridized carbons (Fsp3) is 0.381. The molecule has 2 aliphatic rings. The lowest BCUT2D eigenvalue weighted by Gasteiger charge is -2.35. The molecule has 0 aliphatic carbocycles. The molecule has 0 bridgehead atoms. The fourth-order valence-corrected chi connectivity index (χ4v) is 3.63. The van der Waals surface area contributed by atoms with E-state index in [1.165, 1.54) is 12.1 Å². The molecule has 6 nitrogen and oxygen atoms in total. The second kappa shape index (κ2) is 8.53. The summed E-state index contributed by atoms with van der Waals surface area (Å²) in [4.78, 5) is 14.9. The third-order valence-electron chi connectivity index (χ3n) is 5.21. The van der Waals surface area contributed by atoms with Crippen LogP contribution in [0.25, 0.3) is 0 Å². The van der Waals surface area contributed by atoms with E-state index < -0.39 is 11.7 Å². The lowest BCUT2D eigenvalue weighted by atomic mass is 10.0.